The maximum atomic E-state index is 13.7. The van der Waals surface area contributed by atoms with Gasteiger partial charge in [-0.3, -0.25) is 4.79 Å². The average Bonchev–Trinajstić information content (AvgIpc) is 2.77. The smallest absolute Gasteiger partial charge is 0.197 e. The van der Waals surface area contributed by atoms with Crippen molar-refractivity contribution in [1.29, 1.82) is 0 Å². The van der Waals surface area contributed by atoms with Gasteiger partial charge in [0.05, 0.1) is 5.56 Å². The Bertz CT molecular complexity index is 1260. The topological polar surface area (TPSA) is 65.0 Å². The SMILES string of the molecule is CC(C)=CCc1c(O)c2c(c3c1OC(C)(C)C=C3)CC=C(c1ccc3c(c1)OCCO3)C2=O. The Morgan fingerprint density at radius 1 is 1.15 bits per heavy atom. The number of carbonyl (C=O) groups excluding carboxylic acids is 1. The molecule has 1 aliphatic carbocycles. The maximum Gasteiger partial charge on any atom is 0.197 e. The van der Waals surface area contributed by atoms with E-state index in [0.717, 1.165) is 22.3 Å². The van der Waals surface area contributed by atoms with E-state index in [1.165, 1.54) is 0 Å². The summed E-state index contributed by atoms with van der Waals surface area (Å²) in [6.07, 6.45) is 9.02. The molecular formula is C28H28O5. The highest BCUT2D eigenvalue weighted by Crippen LogP contribution is 2.47. The second kappa shape index (κ2) is 7.84. The van der Waals surface area contributed by atoms with Crippen LogP contribution in [0.5, 0.6) is 23.0 Å². The zero-order valence-electron chi connectivity index (χ0n) is 19.5. The summed E-state index contributed by atoms with van der Waals surface area (Å²) in [5, 5.41) is 11.4. The number of fused-ring (bicyclic) bond motifs is 4. The summed E-state index contributed by atoms with van der Waals surface area (Å²) in [4.78, 5) is 13.7. The predicted octanol–water partition coefficient (Wildman–Crippen LogP) is 5.68. The lowest BCUT2D eigenvalue weighted by Crippen LogP contribution is -2.29. The van der Waals surface area contributed by atoms with Gasteiger partial charge in [0.2, 0.25) is 0 Å². The van der Waals surface area contributed by atoms with Gasteiger partial charge >= 0.3 is 0 Å². The summed E-state index contributed by atoms with van der Waals surface area (Å²) >= 11 is 0. The van der Waals surface area contributed by atoms with Gasteiger partial charge in [-0.2, -0.15) is 0 Å². The molecule has 2 aromatic rings. The third-order valence-corrected chi connectivity index (χ3v) is 6.23. The summed E-state index contributed by atoms with van der Waals surface area (Å²) in [7, 11) is 0. The molecule has 0 saturated heterocycles. The second-order valence-corrected chi connectivity index (χ2v) is 9.46. The maximum absolute atomic E-state index is 13.7. The number of phenols is 1. The number of allylic oxidation sites excluding steroid dienone is 4. The van der Waals surface area contributed by atoms with Gasteiger partial charge in [0.25, 0.3) is 0 Å². The van der Waals surface area contributed by atoms with Crippen LogP contribution in [0.2, 0.25) is 0 Å². The van der Waals surface area contributed by atoms with Crippen LogP contribution in [0.1, 0.15) is 60.3 Å². The van der Waals surface area contributed by atoms with E-state index < -0.39 is 5.60 Å². The highest BCUT2D eigenvalue weighted by molar-refractivity contribution is 6.31. The molecule has 0 fully saturated rings. The number of Topliss-reactive ketones (excluding diaryl/α,β-unsaturated/α-hetero) is 1. The zero-order chi connectivity index (χ0) is 23.3. The van der Waals surface area contributed by atoms with Crippen molar-refractivity contribution < 1.29 is 24.1 Å². The summed E-state index contributed by atoms with van der Waals surface area (Å²) < 4.78 is 17.6. The lowest BCUT2D eigenvalue weighted by atomic mass is 9.80. The molecule has 5 rings (SSSR count). The summed E-state index contributed by atoms with van der Waals surface area (Å²) in [5.41, 5.74) is 4.67. The van der Waals surface area contributed by atoms with Gasteiger partial charge in [0.15, 0.2) is 17.3 Å². The molecule has 0 radical (unpaired) electrons. The van der Waals surface area contributed by atoms with Crippen LogP contribution in [-0.4, -0.2) is 29.7 Å². The van der Waals surface area contributed by atoms with E-state index in [9.17, 15) is 9.90 Å². The zero-order valence-corrected chi connectivity index (χ0v) is 19.5. The number of aromatic hydroxyl groups is 1. The van der Waals surface area contributed by atoms with Gasteiger partial charge in [0.1, 0.15) is 30.3 Å². The van der Waals surface area contributed by atoms with Crippen molar-refractivity contribution in [3.8, 4) is 23.0 Å². The van der Waals surface area contributed by atoms with Crippen molar-refractivity contribution in [3.05, 3.63) is 69.8 Å². The standard InChI is InChI=1S/C28H28O5/c1-16(2)5-7-21-26(30)24-19(20-11-12-28(3,4)33-27(20)21)9-8-18(25(24)29)17-6-10-22-23(15-17)32-14-13-31-22/h5-6,8,10-12,15,30H,7,9,13-14H2,1-4H3. The van der Waals surface area contributed by atoms with E-state index in [1.807, 2.05) is 70.2 Å². The predicted molar refractivity (Wildman–Crippen MR) is 128 cm³/mol. The molecule has 170 valence electrons. The van der Waals surface area contributed by atoms with Gasteiger partial charge in [-0.1, -0.05) is 29.9 Å². The number of hydrogen-bond donors (Lipinski definition) is 1. The molecule has 2 aliphatic heterocycles. The van der Waals surface area contributed by atoms with Crippen molar-refractivity contribution >= 4 is 17.4 Å². The Balaban J connectivity index is 1.64. The fourth-order valence-corrected chi connectivity index (χ4v) is 4.55. The van der Waals surface area contributed by atoms with Crippen molar-refractivity contribution in [1.82, 2.24) is 0 Å². The first-order valence-corrected chi connectivity index (χ1v) is 11.3. The molecule has 0 amide bonds. The van der Waals surface area contributed by atoms with Crippen molar-refractivity contribution in [2.24, 2.45) is 0 Å². The van der Waals surface area contributed by atoms with Crippen molar-refractivity contribution in [2.75, 3.05) is 13.2 Å². The lowest BCUT2D eigenvalue weighted by molar-refractivity contribution is 0.105. The van der Waals surface area contributed by atoms with Gasteiger partial charge in [0, 0.05) is 16.7 Å². The van der Waals surface area contributed by atoms with Crippen LogP contribution in [0.4, 0.5) is 0 Å². The molecule has 0 saturated carbocycles. The van der Waals surface area contributed by atoms with E-state index in [-0.39, 0.29) is 11.5 Å². The van der Waals surface area contributed by atoms with Crippen LogP contribution < -0.4 is 14.2 Å². The van der Waals surface area contributed by atoms with E-state index in [1.54, 1.807) is 0 Å². The molecule has 2 aromatic carbocycles. The quantitative estimate of drug-likeness (QED) is 0.617. The Morgan fingerprint density at radius 3 is 2.67 bits per heavy atom. The average molecular weight is 445 g/mol. The largest absolute Gasteiger partial charge is 0.507 e. The van der Waals surface area contributed by atoms with E-state index >= 15 is 0 Å². The normalized spacial score (nSPS) is 17.5. The number of benzene rings is 2. The fourth-order valence-electron chi connectivity index (χ4n) is 4.55. The number of ketones is 1. The molecule has 0 aromatic heterocycles. The number of hydrogen-bond acceptors (Lipinski definition) is 5. The van der Waals surface area contributed by atoms with Gasteiger partial charge in [-0.05, 0) is 69.9 Å². The van der Waals surface area contributed by atoms with Gasteiger partial charge in [-0.25, -0.2) is 0 Å². The number of rotatable bonds is 3. The Kier molecular flexibility index (Phi) is 5.08. The van der Waals surface area contributed by atoms with Crippen LogP contribution in [0.15, 0.2) is 42.0 Å². The van der Waals surface area contributed by atoms with Gasteiger partial charge in [-0.15, -0.1) is 0 Å². The number of carbonyl (C=O) groups is 1. The molecule has 1 N–H and O–H groups in total. The third-order valence-electron chi connectivity index (χ3n) is 6.23. The summed E-state index contributed by atoms with van der Waals surface area (Å²) in [6, 6.07) is 5.54. The van der Waals surface area contributed by atoms with Crippen LogP contribution in [0, 0.1) is 0 Å². The lowest BCUT2D eigenvalue weighted by Gasteiger charge is -2.33. The molecule has 5 nitrogen and oxygen atoms in total. The summed E-state index contributed by atoms with van der Waals surface area (Å²) in [6.45, 7) is 9.00. The van der Waals surface area contributed by atoms with E-state index in [0.29, 0.717) is 60.0 Å². The van der Waals surface area contributed by atoms with Crippen molar-refractivity contribution in [2.45, 2.75) is 46.1 Å². The molecule has 0 spiro atoms. The third kappa shape index (κ3) is 3.71. The second-order valence-electron chi connectivity index (χ2n) is 9.46. The molecular weight excluding hydrogens is 416 g/mol. The highest BCUT2D eigenvalue weighted by atomic mass is 16.6. The minimum absolute atomic E-state index is 0.0143. The molecule has 2 heterocycles. The monoisotopic (exact) mass is 444 g/mol. The first kappa shape index (κ1) is 21.4. The van der Waals surface area contributed by atoms with Crippen LogP contribution in [-0.2, 0) is 12.8 Å². The van der Waals surface area contributed by atoms with Crippen molar-refractivity contribution in [3.63, 3.8) is 0 Å². The molecule has 0 atom stereocenters. The Labute approximate surface area is 194 Å². The molecule has 3 aliphatic rings. The minimum atomic E-state index is -0.488. The number of ether oxygens (including phenoxy) is 3. The van der Waals surface area contributed by atoms with Gasteiger partial charge < -0.3 is 19.3 Å². The molecule has 5 heteroatoms. The Morgan fingerprint density at radius 2 is 1.91 bits per heavy atom. The molecule has 0 bridgehead atoms. The van der Waals surface area contributed by atoms with Crippen LogP contribution in [0.3, 0.4) is 0 Å². The highest BCUT2D eigenvalue weighted by Gasteiger charge is 2.35. The Hall–Kier alpha value is -3.47. The van der Waals surface area contributed by atoms with Crippen LogP contribution in [0.25, 0.3) is 11.6 Å². The molecule has 0 unspecified atom stereocenters. The molecule has 33 heavy (non-hydrogen) atoms. The fraction of sp³-hybridized carbons (Fsp3) is 0.321. The minimum Gasteiger partial charge on any atom is -0.507 e. The summed E-state index contributed by atoms with van der Waals surface area (Å²) in [5.74, 6) is 1.81. The first-order valence-electron chi connectivity index (χ1n) is 11.3. The first-order chi connectivity index (χ1) is 15.7. The number of phenolic OH excluding ortho intramolecular Hbond substituents is 1. The van der Waals surface area contributed by atoms with E-state index in [2.05, 4.69) is 0 Å². The van der Waals surface area contributed by atoms with E-state index in [4.69, 9.17) is 14.2 Å². The van der Waals surface area contributed by atoms with Crippen LogP contribution >= 0.6 is 0 Å².